The van der Waals surface area contributed by atoms with E-state index in [2.05, 4.69) is 0 Å². The first-order valence-electron chi connectivity index (χ1n) is 5.79. The first-order valence-corrected chi connectivity index (χ1v) is 5.79. The Labute approximate surface area is 107 Å². The Hall–Kier alpha value is -1.20. The van der Waals surface area contributed by atoms with E-state index in [4.69, 9.17) is 0 Å². The van der Waals surface area contributed by atoms with Gasteiger partial charge in [0.2, 0.25) is 0 Å². The predicted octanol–water partition coefficient (Wildman–Crippen LogP) is 5.41. The Balaban J connectivity index is 3.65. The van der Waals surface area contributed by atoms with Gasteiger partial charge in [-0.1, -0.05) is 20.8 Å². The fraction of sp³-hybridized carbons (Fsp3) is 0.538. The highest BCUT2D eigenvalue weighted by molar-refractivity contribution is 5.43. The average Bonchev–Trinajstić information content (AvgIpc) is 2.24. The molecule has 108 valence electrons. The summed E-state index contributed by atoms with van der Waals surface area (Å²) in [5.74, 6) is -0.492. The van der Waals surface area contributed by atoms with E-state index in [9.17, 15) is 26.3 Å². The molecule has 0 radical (unpaired) electrons. The van der Waals surface area contributed by atoms with Crippen molar-refractivity contribution in [2.75, 3.05) is 0 Å². The molecule has 1 aromatic carbocycles. The second kappa shape index (κ2) is 5.06. The van der Waals surface area contributed by atoms with Crippen LogP contribution in [0.1, 0.15) is 48.9 Å². The zero-order valence-electron chi connectivity index (χ0n) is 10.7. The molecule has 0 nitrogen and oxygen atoms in total. The van der Waals surface area contributed by atoms with Gasteiger partial charge in [0.15, 0.2) is 0 Å². The topological polar surface area (TPSA) is 0 Å². The van der Waals surface area contributed by atoms with Crippen molar-refractivity contribution in [1.82, 2.24) is 0 Å². The minimum atomic E-state index is -4.79. The molecule has 0 heterocycles. The van der Waals surface area contributed by atoms with Crippen LogP contribution in [-0.4, -0.2) is 0 Å². The Morgan fingerprint density at radius 1 is 0.947 bits per heavy atom. The first kappa shape index (κ1) is 15.9. The van der Waals surface area contributed by atoms with Crippen LogP contribution < -0.4 is 0 Å². The summed E-state index contributed by atoms with van der Waals surface area (Å²) in [5.41, 5.74) is -2.39. The highest BCUT2D eigenvalue weighted by Crippen LogP contribution is 2.41. The monoisotopic (exact) mass is 284 g/mol. The van der Waals surface area contributed by atoms with Gasteiger partial charge in [0.1, 0.15) is 0 Å². The van der Waals surface area contributed by atoms with Crippen LogP contribution in [-0.2, 0) is 18.8 Å². The summed E-state index contributed by atoms with van der Waals surface area (Å²) in [4.78, 5) is 0. The number of hydrogen-bond donors (Lipinski definition) is 0. The van der Waals surface area contributed by atoms with Gasteiger partial charge in [-0.05, 0) is 35.6 Å². The average molecular weight is 284 g/mol. The molecule has 0 spiro atoms. The van der Waals surface area contributed by atoms with Crippen LogP contribution in [0.3, 0.4) is 0 Å². The molecule has 0 saturated carbocycles. The molecule has 1 aromatic rings. The van der Waals surface area contributed by atoms with Crippen molar-refractivity contribution in [2.45, 2.75) is 45.5 Å². The molecule has 0 atom stereocenters. The highest BCUT2D eigenvalue weighted by atomic mass is 19.4. The Kier molecular flexibility index (Phi) is 4.22. The fourth-order valence-electron chi connectivity index (χ4n) is 2.09. The van der Waals surface area contributed by atoms with E-state index in [-0.39, 0.29) is 23.6 Å². The van der Waals surface area contributed by atoms with Crippen LogP contribution in [0.5, 0.6) is 0 Å². The SMILES string of the molecule is CCc1cc(C(F)(F)F)cc(C(F)(F)F)c1C(C)C. The van der Waals surface area contributed by atoms with Crippen molar-refractivity contribution in [1.29, 1.82) is 0 Å². The van der Waals surface area contributed by atoms with E-state index in [0.717, 1.165) is 6.07 Å². The number of hydrogen-bond acceptors (Lipinski definition) is 0. The van der Waals surface area contributed by atoms with Gasteiger partial charge in [0.25, 0.3) is 0 Å². The van der Waals surface area contributed by atoms with Crippen LogP contribution in [0.2, 0.25) is 0 Å². The van der Waals surface area contributed by atoms with Crippen LogP contribution in [0.4, 0.5) is 26.3 Å². The third kappa shape index (κ3) is 3.42. The summed E-state index contributed by atoms with van der Waals surface area (Å²) in [7, 11) is 0. The Morgan fingerprint density at radius 3 is 1.79 bits per heavy atom. The van der Waals surface area contributed by atoms with Crippen molar-refractivity contribution in [3.63, 3.8) is 0 Å². The lowest BCUT2D eigenvalue weighted by Gasteiger charge is -2.21. The quantitative estimate of drug-likeness (QED) is 0.637. The molecule has 0 N–H and O–H groups in total. The molecular weight excluding hydrogens is 270 g/mol. The van der Waals surface area contributed by atoms with Crippen LogP contribution in [0, 0.1) is 0 Å². The second-order valence-electron chi connectivity index (χ2n) is 4.60. The van der Waals surface area contributed by atoms with Crippen molar-refractivity contribution in [2.24, 2.45) is 0 Å². The molecule has 0 fully saturated rings. The Morgan fingerprint density at radius 2 is 1.47 bits per heavy atom. The molecule has 0 amide bonds. The minimum absolute atomic E-state index is 0.0528. The lowest BCUT2D eigenvalue weighted by molar-refractivity contribution is -0.143. The lowest BCUT2D eigenvalue weighted by atomic mass is 9.88. The highest BCUT2D eigenvalue weighted by Gasteiger charge is 2.39. The predicted molar refractivity (Wildman–Crippen MR) is 59.9 cm³/mol. The van der Waals surface area contributed by atoms with Gasteiger partial charge < -0.3 is 0 Å². The van der Waals surface area contributed by atoms with Gasteiger partial charge in [0, 0.05) is 0 Å². The van der Waals surface area contributed by atoms with E-state index in [1.807, 2.05) is 0 Å². The van der Waals surface area contributed by atoms with Crippen LogP contribution in [0.25, 0.3) is 0 Å². The van der Waals surface area contributed by atoms with Crippen LogP contribution in [0.15, 0.2) is 12.1 Å². The van der Waals surface area contributed by atoms with E-state index >= 15 is 0 Å². The normalized spacial score (nSPS) is 13.2. The molecule has 0 aromatic heterocycles. The maximum atomic E-state index is 12.9. The second-order valence-corrected chi connectivity index (χ2v) is 4.60. The molecule has 0 aliphatic heterocycles. The van der Waals surface area contributed by atoms with Crippen molar-refractivity contribution >= 4 is 0 Å². The number of aryl methyl sites for hydroxylation is 1. The lowest BCUT2D eigenvalue weighted by Crippen LogP contribution is -2.16. The van der Waals surface area contributed by atoms with Gasteiger partial charge in [-0.15, -0.1) is 0 Å². The molecule has 19 heavy (non-hydrogen) atoms. The molecule has 6 heteroatoms. The zero-order chi connectivity index (χ0) is 15.0. The van der Waals surface area contributed by atoms with Gasteiger partial charge in [0.05, 0.1) is 11.1 Å². The summed E-state index contributed by atoms with van der Waals surface area (Å²) < 4.78 is 76.7. The summed E-state index contributed by atoms with van der Waals surface area (Å²) in [6, 6.07) is 1.01. The van der Waals surface area contributed by atoms with E-state index in [1.54, 1.807) is 6.92 Å². The van der Waals surface area contributed by atoms with Crippen molar-refractivity contribution < 1.29 is 26.3 Å². The van der Waals surface area contributed by atoms with E-state index < -0.39 is 29.4 Å². The van der Waals surface area contributed by atoms with Crippen molar-refractivity contribution in [3.8, 4) is 0 Å². The van der Waals surface area contributed by atoms with Gasteiger partial charge in [-0.25, -0.2) is 0 Å². The van der Waals surface area contributed by atoms with Crippen LogP contribution >= 0.6 is 0 Å². The summed E-state index contributed by atoms with van der Waals surface area (Å²) in [6.45, 7) is 4.62. The maximum Gasteiger partial charge on any atom is 0.416 e. The van der Waals surface area contributed by atoms with E-state index in [0.29, 0.717) is 0 Å². The number of halogens is 6. The largest absolute Gasteiger partial charge is 0.416 e. The molecule has 0 saturated heterocycles. The fourth-order valence-corrected chi connectivity index (χ4v) is 2.09. The van der Waals surface area contributed by atoms with Crippen molar-refractivity contribution in [3.05, 3.63) is 34.4 Å². The van der Waals surface area contributed by atoms with Gasteiger partial charge in [-0.2, -0.15) is 26.3 Å². The smallest absolute Gasteiger partial charge is 0.166 e. The third-order valence-corrected chi connectivity index (χ3v) is 2.86. The molecule has 0 aliphatic carbocycles. The molecule has 0 aliphatic rings. The molecule has 0 unspecified atom stereocenters. The summed E-state index contributed by atoms with van der Waals surface area (Å²) >= 11 is 0. The number of alkyl halides is 6. The van der Waals surface area contributed by atoms with Gasteiger partial charge in [-0.3, -0.25) is 0 Å². The number of benzene rings is 1. The first-order chi connectivity index (χ1) is 8.48. The third-order valence-electron chi connectivity index (χ3n) is 2.86. The molecular formula is C13H14F6. The molecule has 0 bridgehead atoms. The summed E-state index contributed by atoms with van der Waals surface area (Å²) in [5, 5.41) is 0. The minimum Gasteiger partial charge on any atom is -0.166 e. The number of rotatable bonds is 2. The zero-order valence-corrected chi connectivity index (χ0v) is 10.7. The molecule has 1 rings (SSSR count). The summed E-state index contributed by atoms with van der Waals surface area (Å²) in [6.07, 6.45) is -9.44. The van der Waals surface area contributed by atoms with E-state index in [1.165, 1.54) is 13.8 Å². The Bertz CT molecular complexity index is 453. The maximum absolute atomic E-state index is 12.9. The standard InChI is InChI=1S/C13H14F6/c1-4-8-5-9(12(14,15)16)6-10(13(17,18)19)11(8)7(2)3/h5-7H,4H2,1-3H3. The van der Waals surface area contributed by atoms with Gasteiger partial charge >= 0.3 is 12.4 Å².